The van der Waals surface area contributed by atoms with E-state index in [2.05, 4.69) is 144 Å². The number of aromatic nitrogens is 1. The maximum absolute atomic E-state index is 6.10. The highest BCUT2D eigenvalue weighted by Gasteiger charge is 2.16. The Labute approximate surface area is 232 Å². The van der Waals surface area contributed by atoms with Crippen molar-refractivity contribution in [3.8, 4) is 11.1 Å². The molecule has 0 saturated heterocycles. The van der Waals surface area contributed by atoms with E-state index in [9.17, 15) is 0 Å². The van der Waals surface area contributed by atoms with Crippen molar-refractivity contribution in [2.45, 2.75) is 0 Å². The Bertz CT molecular complexity index is 2170. The number of para-hydroxylation sites is 3. The zero-order chi connectivity index (χ0) is 26.6. The summed E-state index contributed by atoms with van der Waals surface area (Å²) in [6.45, 7) is 0. The van der Waals surface area contributed by atoms with E-state index in [-0.39, 0.29) is 0 Å². The van der Waals surface area contributed by atoms with E-state index in [0.717, 1.165) is 39.0 Å². The van der Waals surface area contributed by atoms with Crippen LogP contribution >= 0.6 is 0 Å². The summed E-state index contributed by atoms with van der Waals surface area (Å²) in [5.41, 5.74) is 10.0. The number of rotatable bonds is 4. The third-order valence-electron chi connectivity index (χ3n) is 8.01. The van der Waals surface area contributed by atoms with Crippen molar-refractivity contribution in [1.82, 2.24) is 4.57 Å². The smallest absolute Gasteiger partial charge is 0.135 e. The highest BCUT2D eigenvalue weighted by molar-refractivity contribution is 6.09. The van der Waals surface area contributed by atoms with Crippen LogP contribution in [0.25, 0.3) is 54.9 Å². The maximum atomic E-state index is 6.10. The molecule has 3 heteroatoms. The molecule has 6 aromatic carbocycles. The van der Waals surface area contributed by atoms with Crippen LogP contribution in [-0.2, 0) is 7.05 Å². The molecule has 0 bridgehead atoms. The number of benzene rings is 6. The standard InChI is InChI=1S/C37H26N2O/c1-38-34-13-7-5-11-30(34)32-23-26(17-21-35(32)38)25-15-18-28(19-16-25)39(27-9-3-2-4-10-27)29-20-22-37-33(24-29)31-12-6-8-14-36(31)40-37/h2-24H,1H3. The number of anilines is 3. The van der Waals surface area contributed by atoms with Crippen LogP contribution in [-0.4, -0.2) is 4.57 Å². The van der Waals surface area contributed by atoms with Gasteiger partial charge < -0.3 is 13.9 Å². The van der Waals surface area contributed by atoms with Gasteiger partial charge in [0.15, 0.2) is 0 Å². The number of hydrogen-bond donors (Lipinski definition) is 0. The Kier molecular flexibility index (Phi) is 5.04. The minimum atomic E-state index is 0.900. The lowest BCUT2D eigenvalue weighted by molar-refractivity contribution is 0.669. The quantitative estimate of drug-likeness (QED) is 0.233. The van der Waals surface area contributed by atoms with E-state index < -0.39 is 0 Å². The first kappa shape index (κ1) is 22.7. The second-order valence-electron chi connectivity index (χ2n) is 10.3. The molecule has 0 aliphatic heterocycles. The van der Waals surface area contributed by atoms with Gasteiger partial charge in [0.1, 0.15) is 11.2 Å². The van der Waals surface area contributed by atoms with Crippen molar-refractivity contribution in [3.63, 3.8) is 0 Å². The molecule has 8 rings (SSSR count). The molecule has 3 nitrogen and oxygen atoms in total. The van der Waals surface area contributed by atoms with Crippen LogP contribution in [0.3, 0.4) is 0 Å². The third kappa shape index (κ3) is 3.52. The molecule has 0 N–H and O–H groups in total. The van der Waals surface area contributed by atoms with Crippen LogP contribution in [0.15, 0.2) is 144 Å². The number of fused-ring (bicyclic) bond motifs is 6. The SMILES string of the molecule is Cn1c2ccccc2c2cc(-c3ccc(N(c4ccccc4)c4ccc5oc6ccccc6c5c4)cc3)ccc21. The van der Waals surface area contributed by atoms with Gasteiger partial charge in [-0.25, -0.2) is 0 Å². The van der Waals surface area contributed by atoms with Gasteiger partial charge in [-0.2, -0.15) is 0 Å². The Balaban J connectivity index is 1.23. The predicted molar refractivity (Wildman–Crippen MR) is 168 cm³/mol. The molecule has 8 aromatic rings. The van der Waals surface area contributed by atoms with Crippen LogP contribution in [0.2, 0.25) is 0 Å². The van der Waals surface area contributed by atoms with Crippen LogP contribution in [0.1, 0.15) is 0 Å². The zero-order valence-electron chi connectivity index (χ0n) is 22.1. The first-order chi connectivity index (χ1) is 19.7. The van der Waals surface area contributed by atoms with Gasteiger partial charge in [0.2, 0.25) is 0 Å². The van der Waals surface area contributed by atoms with Crippen molar-refractivity contribution in [2.75, 3.05) is 4.90 Å². The van der Waals surface area contributed by atoms with Gasteiger partial charge in [-0.05, 0) is 77.9 Å². The topological polar surface area (TPSA) is 21.3 Å². The normalized spacial score (nSPS) is 11.6. The highest BCUT2D eigenvalue weighted by Crippen LogP contribution is 2.39. The molecule has 2 aromatic heterocycles. The lowest BCUT2D eigenvalue weighted by Gasteiger charge is -2.25. The fourth-order valence-corrected chi connectivity index (χ4v) is 6.03. The van der Waals surface area contributed by atoms with Crippen LogP contribution < -0.4 is 4.90 Å². The summed E-state index contributed by atoms with van der Waals surface area (Å²) in [7, 11) is 2.14. The number of aryl methyl sites for hydroxylation is 1. The van der Waals surface area contributed by atoms with Crippen LogP contribution in [0.5, 0.6) is 0 Å². The van der Waals surface area contributed by atoms with E-state index in [1.165, 1.54) is 32.9 Å². The molecule has 0 spiro atoms. The van der Waals surface area contributed by atoms with Gasteiger partial charge in [0.05, 0.1) is 0 Å². The van der Waals surface area contributed by atoms with E-state index in [4.69, 9.17) is 4.42 Å². The molecule has 0 unspecified atom stereocenters. The molecule has 190 valence electrons. The average molecular weight is 515 g/mol. The van der Waals surface area contributed by atoms with Crippen molar-refractivity contribution >= 4 is 60.8 Å². The minimum Gasteiger partial charge on any atom is -0.456 e. The van der Waals surface area contributed by atoms with Crippen molar-refractivity contribution in [3.05, 3.63) is 140 Å². The van der Waals surface area contributed by atoms with Crippen LogP contribution in [0.4, 0.5) is 17.1 Å². The molecular formula is C37H26N2O. The number of hydrogen-bond acceptors (Lipinski definition) is 2. The molecule has 0 aliphatic rings. The fraction of sp³-hybridized carbons (Fsp3) is 0.0270. The van der Waals surface area contributed by atoms with Gasteiger partial charge >= 0.3 is 0 Å². The lowest BCUT2D eigenvalue weighted by Crippen LogP contribution is -2.09. The summed E-state index contributed by atoms with van der Waals surface area (Å²) in [6, 6.07) is 49.5. The first-order valence-corrected chi connectivity index (χ1v) is 13.6. The van der Waals surface area contributed by atoms with Gasteiger partial charge in [-0.3, -0.25) is 0 Å². The van der Waals surface area contributed by atoms with Gasteiger partial charge in [-0.1, -0.05) is 72.8 Å². The van der Waals surface area contributed by atoms with Gasteiger partial charge in [0.25, 0.3) is 0 Å². The zero-order valence-corrected chi connectivity index (χ0v) is 22.1. The van der Waals surface area contributed by atoms with E-state index in [0.29, 0.717) is 0 Å². The summed E-state index contributed by atoms with van der Waals surface area (Å²) >= 11 is 0. The monoisotopic (exact) mass is 514 g/mol. The molecule has 0 atom stereocenters. The van der Waals surface area contributed by atoms with E-state index in [1.807, 2.05) is 12.1 Å². The summed E-state index contributed by atoms with van der Waals surface area (Å²) < 4.78 is 8.38. The number of nitrogens with zero attached hydrogens (tertiary/aromatic N) is 2. The summed E-state index contributed by atoms with van der Waals surface area (Å²) in [6.07, 6.45) is 0. The fourth-order valence-electron chi connectivity index (χ4n) is 6.03. The lowest BCUT2D eigenvalue weighted by atomic mass is 10.0. The molecule has 0 saturated carbocycles. The second kappa shape index (κ2) is 8.89. The first-order valence-electron chi connectivity index (χ1n) is 13.6. The Morgan fingerprint density at radius 3 is 1.93 bits per heavy atom. The van der Waals surface area contributed by atoms with E-state index in [1.54, 1.807) is 0 Å². The van der Waals surface area contributed by atoms with Gasteiger partial charge in [-0.15, -0.1) is 0 Å². The minimum absolute atomic E-state index is 0.900. The molecule has 2 heterocycles. The van der Waals surface area contributed by atoms with Gasteiger partial charge in [0, 0.05) is 56.7 Å². The Morgan fingerprint density at radius 2 is 1.07 bits per heavy atom. The summed E-state index contributed by atoms with van der Waals surface area (Å²) in [5.74, 6) is 0. The largest absolute Gasteiger partial charge is 0.456 e. The average Bonchev–Trinajstić information content (AvgIpc) is 3.53. The number of furan rings is 1. The third-order valence-corrected chi connectivity index (χ3v) is 8.01. The maximum Gasteiger partial charge on any atom is 0.135 e. The van der Waals surface area contributed by atoms with E-state index >= 15 is 0 Å². The second-order valence-corrected chi connectivity index (χ2v) is 10.3. The van der Waals surface area contributed by atoms with Crippen LogP contribution in [0, 0.1) is 0 Å². The Hall–Kier alpha value is -5.28. The molecule has 40 heavy (non-hydrogen) atoms. The predicted octanol–water partition coefficient (Wildman–Crippen LogP) is 10.4. The molecule has 0 aliphatic carbocycles. The molecule has 0 radical (unpaired) electrons. The van der Waals surface area contributed by atoms with Crippen molar-refractivity contribution < 1.29 is 4.42 Å². The summed E-state index contributed by atoms with van der Waals surface area (Å²) in [5, 5.41) is 4.82. The van der Waals surface area contributed by atoms with Crippen molar-refractivity contribution in [2.24, 2.45) is 7.05 Å². The Morgan fingerprint density at radius 1 is 0.450 bits per heavy atom. The van der Waals surface area contributed by atoms with Crippen molar-refractivity contribution in [1.29, 1.82) is 0 Å². The molecule has 0 fully saturated rings. The highest BCUT2D eigenvalue weighted by atomic mass is 16.3. The molecule has 0 amide bonds. The summed E-state index contributed by atoms with van der Waals surface area (Å²) in [4.78, 5) is 2.30. The molecular weight excluding hydrogens is 488 g/mol.